The molecule has 0 aliphatic rings. The van der Waals surface area contributed by atoms with E-state index in [1.165, 1.54) is 22.0 Å². The van der Waals surface area contributed by atoms with Crippen molar-refractivity contribution >= 4 is 22.8 Å². The first-order valence-corrected chi connectivity index (χ1v) is 5.88. The Balaban J connectivity index is 2.23. The number of anilines is 2. The van der Waals surface area contributed by atoms with E-state index in [0.717, 1.165) is 0 Å². The lowest BCUT2D eigenvalue weighted by atomic mass is 10.5. The molecular formula is C11H12N8O. The molecule has 0 aliphatic heterocycles. The Labute approximate surface area is 113 Å². The number of nitrogens with one attached hydrogen (secondary N) is 2. The van der Waals surface area contributed by atoms with E-state index in [1.54, 1.807) is 26.4 Å². The Morgan fingerprint density at radius 3 is 2.65 bits per heavy atom. The van der Waals surface area contributed by atoms with Crippen LogP contribution in [0.3, 0.4) is 0 Å². The van der Waals surface area contributed by atoms with E-state index in [9.17, 15) is 4.79 Å². The predicted octanol–water partition coefficient (Wildman–Crippen LogP) is -0.222. The summed E-state index contributed by atoms with van der Waals surface area (Å²) in [5, 5.41) is 5.74. The molecule has 0 radical (unpaired) electrons. The Bertz CT molecular complexity index is 821. The summed E-state index contributed by atoms with van der Waals surface area (Å²) >= 11 is 0. The minimum absolute atomic E-state index is 0.430. The van der Waals surface area contributed by atoms with Gasteiger partial charge in [0.2, 0.25) is 0 Å². The van der Waals surface area contributed by atoms with Crippen LogP contribution in [0.2, 0.25) is 0 Å². The molecule has 0 unspecified atom stereocenters. The van der Waals surface area contributed by atoms with E-state index in [2.05, 4.69) is 30.6 Å². The van der Waals surface area contributed by atoms with E-state index in [0.29, 0.717) is 22.8 Å². The molecule has 20 heavy (non-hydrogen) atoms. The second kappa shape index (κ2) is 4.61. The van der Waals surface area contributed by atoms with Crippen LogP contribution in [0.1, 0.15) is 0 Å². The van der Waals surface area contributed by atoms with Gasteiger partial charge in [-0.05, 0) is 6.07 Å². The third-order valence-electron chi connectivity index (χ3n) is 2.83. The van der Waals surface area contributed by atoms with Crippen LogP contribution in [0.4, 0.5) is 11.6 Å². The summed E-state index contributed by atoms with van der Waals surface area (Å²) in [4.78, 5) is 28.3. The third kappa shape index (κ3) is 1.76. The maximum Gasteiger partial charge on any atom is 0.368 e. The van der Waals surface area contributed by atoms with Gasteiger partial charge >= 0.3 is 5.69 Å². The topological polar surface area (TPSA) is 103 Å². The van der Waals surface area contributed by atoms with E-state index in [1.807, 2.05) is 0 Å². The number of nitrogens with zero attached hydrogens (tertiary/aromatic N) is 6. The van der Waals surface area contributed by atoms with E-state index in [4.69, 9.17) is 0 Å². The zero-order chi connectivity index (χ0) is 14.1. The summed E-state index contributed by atoms with van der Waals surface area (Å²) in [6.45, 7) is 0. The van der Waals surface area contributed by atoms with Gasteiger partial charge in [-0.3, -0.25) is 0 Å². The van der Waals surface area contributed by atoms with Crippen molar-refractivity contribution < 1.29 is 0 Å². The van der Waals surface area contributed by atoms with Gasteiger partial charge in [0.25, 0.3) is 0 Å². The first kappa shape index (κ1) is 12.1. The summed E-state index contributed by atoms with van der Waals surface area (Å²) in [7, 11) is 3.45. The smallest absolute Gasteiger partial charge is 0.368 e. The van der Waals surface area contributed by atoms with Crippen LogP contribution in [-0.4, -0.2) is 43.4 Å². The van der Waals surface area contributed by atoms with Crippen molar-refractivity contribution in [3.05, 3.63) is 35.4 Å². The second-order valence-corrected chi connectivity index (χ2v) is 3.92. The molecule has 0 aromatic carbocycles. The van der Waals surface area contributed by atoms with E-state index < -0.39 is 5.69 Å². The quantitative estimate of drug-likeness (QED) is 0.679. The van der Waals surface area contributed by atoms with Gasteiger partial charge in [0.05, 0.1) is 0 Å². The molecule has 9 heteroatoms. The molecule has 0 amide bonds. The van der Waals surface area contributed by atoms with Gasteiger partial charge in [-0.15, -0.1) is 0 Å². The molecule has 0 bridgehead atoms. The minimum Gasteiger partial charge on any atom is -0.373 e. The highest BCUT2D eigenvalue weighted by Crippen LogP contribution is 2.16. The minimum atomic E-state index is -0.430. The van der Waals surface area contributed by atoms with E-state index in [-0.39, 0.29) is 0 Å². The van der Waals surface area contributed by atoms with Crippen molar-refractivity contribution in [1.82, 2.24) is 29.3 Å². The van der Waals surface area contributed by atoms with Gasteiger partial charge in [0.1, 0.15) is 18.5 Å². The predicted molar refractivity (Wildman–Crippen MR) is 73.7 cm³/mol. The van der Waals surface area contributed by atoms with Crippen molar-refractivity contribution in [2.45, 2.75) is 0 Å². The first-order valence-electron chi connectivity index (χ1n) is 5.88. The van der Waals surface area contributed by atoms with Crippen molar-refractivity contribution in [2.24, 2.45) is 0 Å². The molecule has 9 nitrogen and oxygen atoms in total. The molecule has 3 rings (SSSR count). The Morgan fingerprint density at radius 1 is 1.10 bits per heavy atom. The summed E-state index contributed by atoms with van der Waals surface area (Å²) in [6.07, 6.45) is 4.51. The van der Waals surface area contributed by atoms with Gasteiger partial charge in [-0.25, -0.2) is 29.1 Å². The Hall–Kier alpha value is -2.97. The lowest BCUT2D eigenvalue weighted by Gasteiger charge is -2.07. The highest BCUT2D eigenvalue weighted by Gasteiger charge is 2.11. The van der Waals surface area contributed by atoms with Crippen LogP contribution in [-0.2, 0) is 0 Å². The molecule has 0 saturated heterocycles. The summed E-state index contributed by atoms with van der Waals surface area (Å²) in [5.41, 5.74) is 0.672. The van der Waals surface area contributed by atoms with Crippen LogP contribution < -0.4 is 16.3 Å². The largest absolute Gasteiger partial charge is 0.373 e. The van der Waals surface area contributed by atoms with Crippen molar-refractivity contribution in [2.75, 3.05) is 24.7 Å². The van der Waals surface area contributed by atoms with Crippen LogP contribution in [0.25, 0.3) is 11.2 Å². The number of aromatic nitrogens is 6. The standard InChI is InChI=1S/C11H12N8O/c1-12-7-3-4-18(11(20)17-7)19-6-16-8-9(13-2)14-5-15-10(8)19/h3-6H,1-2H3,(H,12,17,20)(H,13,14,15). The van der Waals surface area contributed by atoms with Gasteiger partial charge in [-0.1, -0.05) is 0 Å². The summed E-state index contributed by atoms with van der Waals surface area (Å²) in [6, 6.07) is 1.69. The summed E-state index contributed by atoms with van der Waals surface area (Å²) in [5.74, 6) is 1.10. The second-order valence-electron chi connectivity index (χ2n) is 3.92. The maximum atomic E-state index is 12.0. The highest BCUT2D eigenvalue weighted by molar-refractivity contribution is 5.82. The maximum absolute atomic E-state index is 12.0. The monoisotopic (exact) mass is 272 g/mol. The van der Waals surface area contributed by atoms with Gasteiger partial charge in [-0.2, -0.15) is 4.98 Å². The van der Waals surface area contributed by atoms with Gasteiger partial charge in [0.15, 0.2) is 17.0 Å². The molecule has 0 fully saturated rings. The molecule has 0 atom stereocenters. The molecule has 0 aliphatic carbocycles. The van der Waals surface area contributed by atoms with Gasteiger partial charge < -0.3 is 10.6 Å². The number of hydrogen-bond acceptors (Lipinski definition) is 7. The normalized spacial score (nSPS) is 10.7. The summed E-state index contributed by atoms with van der Waals surface area (Å²) < 4.78 is 2.84. The fourth-order valence-corrected chi connectivity index (χ4v) is 1.86. The lowest BCUT2D eigenvalue weighted by molar-refractivity contribution is 0.624. The van der Waals surface area contributed by atoms with Gasteiger partial charge in [0, 0.05) is 20.3 Å². The molecule has 102 valence electrons. The first-order chi connectivity index (χ1) is 9.74. The molecule has 0 saturated carbocycles. The Morgan fingerprint density at radius 2 is 1.95 bits per heavy atom. The lowest BCUT2D eigenvalue weighted by Crippen LogP contribution is -2.27. The molecular weight excluding hydrogens is 260 g/mol. The van der Waals surface area contributed by atoms with E-state index >= 15 is 0 Å². The molecule has 0 spiro atoms. The highest BCUT2D eigenvalue weighted by atomic mass is 16.2. The zero-order valence-corrected chi connectivity index (χ0v) is 10.9. The van der Waals surface area contributed by atoms with Crippen molar-refractivity contribution in [1.29, 1.82) is 0 Å². The number of rotatable bonds is 3. The van der Waals surface area contributed by atoms with Crippen molar-refractivity contribution in [3.8, 4) is 0 Å². The number of fused-ring (bicyclic) bond motifs is 1. The molecule has 2 N–H and O–H groups in total. The molecule has 3 heterocycles. The third-order valence-corrected chi connectivity index (χ3v) is 2.83. The molecule has 3 aromatic heterocycles. The van der Waals surface area contributed by atoms with Crippen LogP contribution in [0, 0.1) is 0 Å². The van der Waals surface area contributed by atoms with Crippen LogP contribution >= 0.6 is 0 Å². The number of hydrogen-bond donors (Lipinski definition) is 2. The molecule has 3 aromatic rings. The fraction of sp³-hybridized carbons (Fsp3) is 0.182. The van der Waals surface area contributed by atoms with Crippen LogP contribution in [0.5, 0.6) is 0 Å². The zero-order valence-electron chi connectivity index (χ0n) is 10.9. The average molecular weight is 272 g/mol. The number of imidazole rings is 1. The SMILES string of the molecule is CNc1ccn(-n2cnc3c(NC)ncnc32)c(=O)n1. The Kier molecular flexibility index (Phi) is 2.78. The fourth-order valence-electron chi connectivity index (χ4n) is 1.86. The van der Waals surface area contributed by atoms with Crippen molar-refractivity contribution in [3.63, 3.8) is 0 Å². The average Bonchev–Trinajstić information content (AvgIpc) is 2.90. The van der Waals surface area contributed by atoms with Crippen LogP contribution in [0.15, 0.2) is 29.7 Å².